The van der Waals surface area contributed by atoms with Crippen molar-refractivity contribution in [3.8, 4) is 11.8 Å². The maximum Gasteiger partial charge on any atom is 0.414 e. The molecule has 0 bridgehead atoms. The van der Waals surface area contributed by atoms with Gasteiger partial charge in [0.15, 0.2) is 0 Å². The first-order chi connectivity index (χ1) is 14.0. The maximum absolute atomic E-state index is 13.0. The molecule has 3 atom stereocenters. The molecule has 3 amide bonds. The van der Waals surface area contributed by atoms with E-state index in [1.165, 1.54) is 11.9 Å². The van der Waals surface area contributed by atoms with E-state index in [2.05, 4.69) is 11.8 Å². The Morgan fingerprint density at radius 2 is 1.83 bits per heavy atom. The van der Waals surface area contributed by atoms with Crippen molar-refractivity contribution in [1.29, 1.82) is 0 Å². The molecule has 0 saturated carbocycles. The highest BCUT2D eigenvalue weighted by Gasteiger charge is 2.67. The largest absolute Gasteiger partial charge is 0.443 e. The third-order valence-electron chi connectivity index (χ3n) is 6.03. The number of imide groups is 1. The van der Waals surface area contributed by atoms with E-state index in [-0.39, 0.29) is 18.4 Å². The molecule has 30 heavy (non-hydrogen) atoms. The van der Waals surface area contributed by atoms with Crippen LogP contribution in [0, 0.1) is 29.1 Å². The fraction of sp³-hybridized carbons (Fsp3) is 0.458. The molecule has 1 aromatic rings. The van der Waals surface area contributed by atoms with Gasteiger partial charge in [0.1, 0.15) is 11.0 Å². The molecule has 1 aromatic carbocycles. The number of likely N-dealkylation sites (tertiary alicyclic amines) is 2. The molecule has 6 nitrogen and oxygen atoms in total. The molecule has 2 saturated heterocycles. The van der Waals surface area contributed by atoms with Crippen LogP contribution < -0.4 is 0 Å². The predicted octanol–water partition coefficient (Wildman–Crippen LogP) is 3.18. The standard InChI is InChI=1S/C24H26N2O4/c1-15-13-17-18(21(28)25(5)20(17)27)24(12-11-16-9-7-6-8-10-16)14-26(19(15)24)22(29)30-23(2,3)4/h6-10,17-18H,13-14H2,1-5H3/t17-,18+,24-/m0/s1. The van der Waals surface area contributed by atoms with Crippen LogP contribution in [0.3, 0.4) is 0 Å². The van der Waals surface area contributed by atoms with Gasteiger partial charge in [-0.3, -0.25) is 19.4 Å². The Morgan fingerprint density at radius 3 is 2.47 bits per heavy atom. The molecule has 156 valence electrons. The number of hydrogen-bond acceptors (Lipinski definition) is 4. The number of nitrogens with zero attached hydrogens (tertiary/aromatic N) is 2. The van der Waals surface area contributed by atoms with Crippen molar-refractivity contribution in [1.82, 2.24) is 9.80 Å². The smallest absolute Gasteiger partial charge is 0.414 e. The highest BCUT2D eigenvalue weighted by Crippen LogP contribution is 2.58. The summed E-state index contributed by atoms with van der Waals surface area (Å²) < 4.78 is 5.57. The summed E-state index contributed by atoms with van der Waals surface area (Å²) >= 11 is 0. The average molecular weight is 406 g/mol. The summed E-state index contributed by atoms with van der Waals surface area (Å²) in [5.41, 5.74) is 0.963. The Balaban J connectivity index is 1.79. The lowest BCUT2D eigenvalue weighted by molar-refractivity contribution is -0.139. The quantitative estimate of drug-likeness (QED) is 0.490. The van der Waals surface area contributed by atoms with E-state index in [0.29, 0.717) is 6.42 Å². The van der Waals surface area contributed by atoms with E-state index in [1.54, 1.807) is 4.90 Å². The molecule has 6 heteroatoms. The van der Waals surface area contributed by atoms with E-state index in [9.17, 15) is 14.4 Å². The Hall–Kier alpha value is -3.07. The maximum atomic E-state index is 13.0. The molecule has 0 spiro atoms. The highest BCUT2D eigenvalue weighted by atomic mass is 16.6. The zero-order chi connectivity index (χ0) is 21.8. The molecule has 3 aliphatic rings. The van der Waals surface area contributed by atoms with Gasteiger partial charge in [-0.1, -0.05) is 35.6 Å². The second-order valence-electron chi connectivity index (χ2n) is 9.31. The van der Waals surface area contributed by atoms with E-state index in [1.807, 2.05) is 58.0 Å². The van der Waals surface area contributed by atoms with Gasteiger partial charge in [-0.25, -0.2) is 4.79 Å². The topological polar surface area (TPSA) is 66.9 Å². The van der Waals surface area contributed by atoms with Crippen molar-refractivity contribution >= 4 is 17.9 Å². The van der Waals surface area contributed by atoms with Gasteiger partial charge in [0, 0.05) is 18.3 Å². The van der Waals surface area contributed by atoms with Gasteiger partial charge in [0.2, 0.25) is 11.8 Å². The summed E-state index contributed by atoms with van der Waals surface area (Å²) in [6.45, 7) is 7.61. The summed E-state index contributed by atoms with van der Waals surface area (Å²) in [5, 5.41) is 0. The van der Waals surface area contributed by atoms with Crippen molar-refractivity contribution < 1.29 is 19.1 Å². The number of carbonyl (C=O) groups excluding carboxylic acids is 3. The highest BCUT2D eigenvalue weighted by molar-refractivity contribution is 6.06. The second kappa shape index (κ2) is 6.73. The molecule has 2 fully saturated rings. The first-order valence-electron chi connectivity index (χ1n) is 10.2. The second-order valence-corrected chi connectivity index (χ2v) is 9.31. The minimum Gasteiger partial charge on any atom is -0.443 e. The van der Waals surface area contributed by atoms with Gasteiger partial charge in [-0.2, -0.15) is 0 Å². The number of allylic oxidation sites excluding steroid dienone is 1. The van der Waals surface area contributed by atoms with Crippen LogP contribution in [0.2, 0.25) is 0 Å². The summed E-state index contributed by atoms with van der Waals surface area (Å²) in [5.74, 6) is 5.10. The molecule has 1 aliphatic carbocycles. The van der Waals surface area contributed by atoms with Crippen molar-refractivity contribution in [2.75, 3.05) is 13.6 Å². The van der Waals surface area contributed by atoms with Gasteiger partial charge >= 0.3 is 6.09 Å². The number of hydrogen-bond donors (Lipinski definition) is 0. The number of fused-ring (bicyclic) bond motifs is 3. The monoisotopic (exact) mass is 406 g/mol. The molecule has 0 N–H and O–H groups in total. The average Bonchev–Trinajstić information content (AvgIpc) is 2.85. The van der Waals surface area contributed by atoms with Crippen LogP contribution in [0.15, 0.2) is 41.6 Å². The Labute approximate surface area is 176 Å². The predicted molar refractivity (Wildman–Crippen MR) is 111 cm³/mol. The number of amides is 3. The van der Waals surface area contributed by atoms with Gasteiger partial charge in [0.25, 0.3) is 0 Å². The minimum absolute atomic E-state index is 0.167. The third kappa shape index (κ3) is 3.00. The first-order valence-corrected chi connectivity index (χ1v) is 10.2. The molecule has 2 aliphatic heterocycles. The molecule has 4 rings (SSSR count). The van der Waals surface area contributed by atoms with Crippen LogP contribution in [-0.4, -0.2) is 46.9 Å². The molecular weight excluding hydrogens is 380 g/mol. The van der Waals surface area contributed by atoms with Crippen LogP contribution >= 0.6 is 0 Å². The number of carbonyl (C=O) groups is 3. The van der Waals surface area contributed by atoms with E-state index in [4.69, 9.17) is 4.74 Å². The van der Waals surface area contributed by atoms with Gasteiger partial charge in [-0.05, 0) is 46.2 Å². The summed E-state index contributed by atoms with van der Waals surface area (Å²) in [7, 11) is 1.53. The minimum atomic E-state index is -0.864. The van der Waals surface area contributed by atoms with E-state index in [0.717, 1.165) is 16.8 Å². The zero-order valence-electron chi connectivity index (χ0n) is 18.0. The van der Waals surface area contributed by atoms with Crippen molar-refractivity contribution in [2.24, 2.45) is 17.3 Å². The lowest BCUT2D eigenvalue weighted by Gasteiger charge is -2.55. The summed E-state index contributed by atoms with van der Waals surface area (Å²) in [4.78, 5) is 41.4. The number of rotatable bonds is 0. The first kappa shape index (κ1) is 20.2. The Bertz CT molecular complexity index is 1020. The fourth-order valence-corrected chi connectivity index (χ4v) is 4.83. The van der Waals surface area contributed by atoms with Crippen LogP contribution in [0.25, 0.3) is 0 Å². The van der Waals surface area contributed by atoms with Crippen molar-refractivity contribution in [2.45, 2.75) is 39.7 Å². The van der Waals surface area contributed by atoms with Crippen LogP contribution in [0.4, 0.5) is 4.79 Å². The molecule has 2 heterocycles. The molecular formula is C24H26N2O4. The van der Waals surface area contributed by atoms with Gasteiger partial charge < -0.3 is 4.74 Å². The number of ether oxygens (including phenoxy) is 1. The number of benzene rings is 1. The molecule has 0 unspecified atom stereocenters. The van der Waals surface area contributed by atoms with Gasteiger partial charge in [0.05, 0.1) is 18.4 Å². The zero-order valence-corrected chi connectivity index (χ0v) is 18.0. The normalized spacial score (nSPS) is 27.8. The Kier molecular flexibility index (Phi) is 4.54. The van der Waals surface area contributed by atoms with Crippen molar-refractivity contribution in [3.63, 3.8) is 0 Å². The lowest BCUT2D eigenvalue weighted by atomic mass is 9.57. The summed E-state index contributed by atoms with van der Waals surface area (Å²) in [6.07, 6.45) is 0.000698. The molecule has 0 aromatic heterocycles. The van der Waals surface area contributed by atoms with E-state index < -0.39 is 28.9 Å². The summed E-state index contributed by atoms with van der Waals surface area (Å²) in [6, 6.07) is 9.52. The van der Waals surface area contributed by atoms with Crippen LogP contribution in [0.1, 0.15) is 39.7 Å². The lowest BCUT2D eigenvalue weighted by Crippen LogP contribution is -2.63. The van der Waals surface area contributed by atoms with Gasteiger partial charge in [-0.15, -0.1) is 0 Å². The Morgan fingerprint density at radius 1 is 1.17 bits per heavy atom. The van der Waals surface area contributed by atoms with Crippen LogP contribution in [-0.2, 0) is 14.3 Å². The fourth-order valence-electron chi connectivity index (χ4n) is 4.83. The molecule has 0 radical (unpaired) electrons. The van der Waals surface area contributed by atoms with Crippen LogP contribution in [0.5, 0.6) is 0 Å². The van der Waals surface area contributed by atoms with Crippen molar-refractivity contribution in [3.05, 3.63) is 47.2 Å². The third-order valence-corrected chi connectivity index (χ3v) is 6.03. The van der Waals surface area contributed by atoms with E-state index >= 15 is 0 Å². The SMILES string of the molecule is CC1=C2N(C(=O)OC(C)(C)C)C[C@@]2(C#Cc2ccccc2)[C@H]2C(=O)N(C)C(=O)[C@H]2C1.